The number of hydrogen-bond donors (Lipinski definition) is 1. The smallest absolute Gasteiger partial charge is 0.255 e. The molecule has 0 saturated heterocycles. The molecule has 2 aromatic rings. The second-order valence-electron chi connectivity index (χ2n) is 3.75. The van der Waals surface area contributed by atoms with Crippen LogP contribution in [0.1, 0.15) is 13.8 Å². The highest BCUT2D eigenvalue weighted by Crippen LogP contribution is 2.19. The second-order valence-corrected chi connectivity index (χ2v) is 3.75. The highest BCUT2D eigenvalue weighted by atomic mass is 16.1. The van der Waals surface area contributed by atoms with E-state index in [9.17, 15) is 4.79 Å². The lowest BCUT2D eigenvalue weighted by Gasteiger charge is -2.21. The summed E-state index contributed by atoms with van der Waals surface area (Å²) in [6, 6.07) is 7.94. The summed E-state index contributed by atoms with van der Waals surface area (Å²) in [5.74, 6) is 0. The lowest BCUT2D eigenvalue weighted by Crippen LogP contribution is -2.21. The number of pyridine rings is 1. The van der Waals surface area contributed by atoms with Crippen molar-refractivity contribution in [1.29, 1.82) is 0 Å². The van der Waals surface area contributed by atoms with E-state index in [0.717, 1.165) is 29.5 Å². The number of rotatable bonds is 3. The molecule has 0 radical (unpaired) electrons. The summed E-state index contributed by atoms with van der Waals surface area (Å²) in [5, 5.41) is 1.74. The minimum absolute atomic E-state index is 0.0218. The van der Waals surface area contributed by atoms with Crippen molar-refractivity contribution in [3.05, 3.63) is 40.8 Å². The van der Waals surface area contributed by atoms with Crippen molar-refractivity contribution < 1.29 is 0 Å². The molecule has 0 spiro atoms. The Bertz CT molecular complexity index is 541. The predicted octanol–water partition coefficient (Wildman–Crippen LogP) is 2.37. The summed E-state index contributed by atoms with van der Waals surface area (Å²) in [7, 11) is 0. The normalized spacial score (nSPS) is 10.6. The van der Waals surface area contributed by atoms with E-state index >= 15 is 0 Å². The third-order valence-electron chi connectivity index (χ3n) is 2.89. The molecule has 0 unspecified atom stereocenters. The van der Waals surface area contributed by atoms with E-state index in [2.05, 4.69) is 29.8 Å². The van der Waals surface area contributed by atoms with Gasteiger partial charge in [-0.05, 0) is 37.4 Å². The molecule has 1 N–H and O–H groups in total. The molecule has 2 rings (SSSR count). The highest BCUT2D eigenvalue weighted by Gasteiger charge is 2.04. The zero-order valence-corrected chi connectivity index (χ0v) is 9.66. The van der Waals surface area contributed by atoms with Gasteiger partial charge in [-0.2, -0.15) is 0 Å². The van der Waals surface area contributed by atoms with Crippen molar-refractivity contribution in [2.24, 2.45) is 0 Å². The molecule has 0 bridgehead atoms. The van der Waals surface area contributed by atoms with Crippen molar-refractivity contribution in [2.75, 3.05) is 18.0 Å². The Morgan fingerprint density at radius 1 is 1.19 bits per heavy atom. The van der Waals surface area contributed by atoms with Crippen molar-refractivity contribution in [1.82, 2.24) is 4.98 Å². The first kappa shape index (κ1) is 10.7. The number of aromatic nitrogens is 1. The fraction of sp³-hybridized carbons (Fsp3) is 0.308. The van der Waals surface area contributed by atoms with Crippen LogP contribution in [0.4, 0.5) is 5.69 Å². The maximum absolute atomic E-state index is 11.7. The van der Waals surface area contributed by atoms with E-state index in [1.165, 1.54) is 0 Å². The molecule has 1 aromatic carbocycles. The van der Waals surface area contributed by atoms with Crippen molar-refractivity contribution in [3.63, 3.8) is 0 Å². The zero-order valence-electron chi connectivity index (χ0n) is 9.66. The summed E-state index contributed by atoms with van der Waals surface area (Å²) in [4.78, 5) is 16.6. The molecule has 3 nitrogen and oxygen atoms in total. The molecule has 0 aliphatic carbocycles. The van der Waals surface area contributed by atoms with Gasteiger partial charge in [-0.1, -0.05) is 6.07 Å². The van der Waals surface area contributed by atoms with E-state index in [1.54, 1.807) is 6.20 Å². The third-order valence-corrected chi connectivity index (χ3v) is 2.89. The van der Waals surface area contributed by atoms with Gasteiger partial charge in [0.15, 0.2) is 0 Å². The molecule has 1 heterocycles. The summed E-state index contributed by atoms with van der Waals surface area (Å²) in [5.41, 5.74) is 1.08. The first-order chi connectivity index (χ1) is 7.76. The summed E-state index contributed by atoms with van der Waals surface area (Å²) < 4.78 is 0. The maximum atomic E-state index is 11.7. The van der Waals surface area contributed by atoms with Gasteiger partial charge >= 0.3 is 0 Å². The minimum Gasteiger partial charge on any atom is -0.372 e. The number of aromatic amines is 1. The summed E-state index contributed by atoms with van der Waals surface area (Å²) in [6.07, 6.45) is 1.68. The number of anilines is 1. The Labute approximate surface area is 94.7 Å². The second kappa shape index (κ2) is 4.39. The number of nitrogens with zero attached hydrogens (tertiary/aromatic N) is 1. The first-order valence-corrected chi connectivity index (χ1v) is 5.62. The lowest BCUT2D eigenvalue weighted by molar-refractivity contribution is 0.867. The Morgan fingerprint density at radius 2 is 1.94 bits per heavy atom. The fourth-order valence-electron chi connectivity index (χ4n) is 1.96. The van der Waals surface area contributed by atoms with Crippen LogP contribution in [-0.2, 0) is 0 Å². The highest BCUT2D eigenvalue weighted by molar-refractivity contribution is 5.84. The molecule has 0 amide bonds. The minimum atomic E-state index is -0.0218. The van der Waals surface area contributed by atoms with Gasteiger partial charge in [-0.15, -0.1) is 0 Å². The largest absolute Gasteiger partial charge is 0.372 e. The van der Waals surface area contributed by atoms with Crippen LogP contribution in [0.3, 0.4) is 0 Å². The summed E-state index contributed by atoms with van der Waals surface area (Å²) in [6.45, 7) is 6.13. The van der Waals surface area contributed by atoms with E-state index in [1.807, 2.05) is 18.2 Å². The molecule has 16 heavy (non-hydrogen) atoms. The molecular formula is C13H16N2O. The van der Waals surface area contributed by atoms with E-state index in [0.29, 0.717) is 0 Å². The van der Waals surface area contributed by atoms with Crippen LogP contribution in [0.2, 0.25) is 0 Å². The third kappa shape index (κ3) is 1.81. The predicted molar refractivity (Wildman–Crippen MR) is 68.1 cm³/mol. The van der Waals surface area contributed by atoms with Crippen molar-refractivity contribution in [2.45, 2.75) is 13.8 Å². The molecular weight excluding hydrogens is 200 g/mol. The first-order valence-electron chi connectivity index (χ1n) is 5.62. The van der Waals surface area contributed by atoms with Crippen LogP contribution in [-0.4, -0.2) is 18.1 Å². The van der Waals surface area contributed by atoms with Gasteiger partial charge in [0.2, 0.25) is 0 Å². The molecule has 3 heteroatoms. The van der Waals surface area contributed by atoms with Gasteiger partial charge in [-0.3, -0.25) is 4.79 Å². The molecule has 0 aliphatic heterocycles. The topological polar surface area (TPSA) is 36.1 Å². The van der Waals surface area contributed by atoms with Crippen LogP contribution < -0.4 is 10.5 Å². The van der Waals surface area contributed by atoms with Crippen LogP contribution >= 0.6 is 0 Å². The van der Waals surface area contributed by atoms with Crippen molar-refractivity contribution in [3.8, 4) is 0 Å². The van der Waals surface area contributed by atoms with Gasteiger partial charge in [0, 0.05) is 30.4 Å². The van der Waals surface area contributed by atoms with E-state index in [4.69, 9.17) is 0 Å². The molecule has 1 aromatic heterocycles. The number of hydrogen-bond acceptors (Lipinski definition) is 2. The average molecular weight is 216 g/mol. The fourth-order valence-corrected chi connectivity index (χ4v) is 1.96. The Hall–Kier alpha value is -1.77. The van der Waals surface area contributed by atoms with E-state index < -0.39 is 0 Å². The number of nitrogens with one attached hydrogen (secondary N) is 1. The van der Waals surface area contributed by atoms with Crippen LogP contribution in [0, 0.1) is 0 Å². The zero-order chi connectivity index (χ0) is 11.5. The van der Waals surface area contributed by atoms with Gasteiger partial charge in [0.1, 0.15) is 0 Å². The van der Waals surface area contributed by atoms with Crippen LogP contribution in [0.5, 0.6) is 0 Å². The number of benzene rings is 1. The van der Waals surface area contributed by atoms with Crippen molar-refractivity contribution >= 4 is 16.5 Å². The Kier molecular flexibility index (Phi) is 2.95. The van der Waals surface area contributed by atoms with Gasteiger partial charge in [0.25, 0.3) is 5.56 Å². The molecule has 0 aliphatic rings. The molecule has 0 atom stereocenters. The Morgan fingerprint density at radius 3 is 2.62 bits per heavy atom. The standard InChI is InChI=1S/C13H16N2O/c1-3-15(4-2)11-6-5-10-7-8-14-13(16)12(10)9-11/h5-9H,3-4H2,1-2H3,(H,14,16). The van der Waals surface area contributed by atoms with Gasteiger partial charge in [0.05, 0.1) is 0 Å². The van der Waals surface area contributed by atoms with Gasteiger partial charge in [-0.25, -0.2) is 0 Å². The maximum Gasteiger partial charge on any atom is 0.255 e. The lowest BCUT2D eigenvalue weighted by atomic mass is 10.1. The van der Waals surface area contributed by atoms with Crippen LogP contribution in [0.25, 0.3) is 10.8 Å². The van der Waals surface area contributed by atoms with E-state index in [-0.39, 0.29) is 5.56 Å². The van der Waals surface area contributed by atoms with Crippen LogP contribution in [0.15, 0.2) is 35.3 Å². The number of H-pyrrole nitrogens is 1. The molecule has 0 saturated carbocycles. The number of fused-ring (bicyclic) bond motifs is 1. The quantitative estimate of drug-likeness (QED) is 0.855. The average Bonchev–Trinajstić information content (AvgIpc) is 2.32. The molecule has 0 fully saturated rings. The molecule has 84 valence electrons. The van der Waals surface area contributed by atoms with Gasteiger partial charge < -0.3 is 9.88 Å². The summed E-state index contributed by atoms with van der Waals surface area (Å²) >= 11 is 0. The monoisotopic (exact) mass is 216 g/mol. The Balaban J connectivity index is 2.59. The SMILES string of the molecule is CCN(CC)c1ccc2cc[nH]c(=O)c2c1.